The molecule has 2 aliphatic rings. The Morgan fingerprint density at radius 3 is 2.64 bits per heavy atom. The van der Waals surface area contributed by atoms with E-state index in [9.17, 15) is 14.4 Å². The zero-order valence-corrected chi connectivity index (χ0v) is 18.4. The van der Waals surface area contributed by atoms with E-state index in [2.05, 4.69) is 21.4 Å². The maximum atomic E-state index is 12.5. The van der Waals surface area contributed by atoms with E-state index in [-0.39, 0.29) is 23.6 Å². The van der Waals surface area contributed by atoms with Gasteiger partial charge in [-0.1, -0.05) is 36.4 Å². The molecule has 8 heteroatoms. The third-order valence-electron chi connectivity index (χ3n) is 6.54. The van der Waals surface area contributed by atoms with Gasteiger partial charge in [-0.3, -0.25) is 14.4 Å². The summed E-state index contributed by atoms with van der Waals surface area (Å²) in [7, 11) is 0. The van der Waals surface area contributed by atoms with Crippen molar-refractivity contribution in [3.8, 4) is 11.3 Å². The van der Waals surface area contributed by atoms with Crippen LogP contribution in [-0.4, -0.2) is 51.3 Å². The van der Waals surface area contributed by atoms with E-state index in [4.69, 9.17) is 0 Å². The highest BCUT2D eigenvalue weighted by Gasteiger charge is 2.34. The molecular formula is C25H27N5O3. The molecule has 2 aliphatic heterocycles. The van der Waals surface area contributed by atoms with Gasteiger partial charge in [-0.25, -0.2) is 4.68 Å². The topological polar surface area (TPSA) is 89.2 Å². The van der Waals surface area contributed by atoms with Gasteiger partial charge in [0.2, 0.25) is 5.91 Å². The zero-order valence-electron chi connectivity index (χ0n) is 18.4. The Morgan fingerprint density at radius 1 is 0.939 bits per heavy atom. The van der Waals surface area contributed by atoms with Crippen molar-refractivity contribution < 1.29 is 4.79 Å². The van der Waals surface area contributed by atoms with Crippen LogP contribution in [0.1, 0.15) is 18.0 Å². The van der Waals surface area contributed by atoms with E-state index in [1.165, 1.54) is 10.7 Å². The summed E-state index contributed by atoms with van der Waals surface area (Å²) in [6.45, 7) is 3.71. The number of nitrogens with zero attached hydrogens (tertiary/aromatic N) is 4. The van der Waals surface area contributed by atoms with Gasteiger partial charge in [-0.2, -0.15) is 5.10 Å². The van der Waals surface area contributed by atoms with Crippen LogP contribution in [0, 0.1) is 5.92 Å². The number of carbonyl (C=O) groups is 1. The largest absolute Gasteiger partial charge is 0.353 e. The van der Waals surface area contributed by atoms with E-state index in [0.29, 0.717) is 24.1 Å². The molecule has 1 saturated heterocycles. The van der Waals surface area contributed by atoms with Crippen LogP contribution in [-0.2, 0) is 17.9 Å². The van der Waals surface area contributed by atoms with E-state index in [1.54, 1.807) is 12.1 Å². The number of nitrogens with one attached hydrogen (secondary N) is 1. The van der Waals surface area contributed by atoms with Crippen LogP contribution in [0.15, 0.2) is 70.3 Å². The van der Waals surface area contributed by atoms with Crippen molar-refractivity contribution in [2.45, 2.75) is 25.4 Å². The number of aromatic nitrogens is 3. The van der Waals surface area contributed by atoms with Crippen LogP contribution in [0.4, 0.5) is 0 Å². The lowest BCUT2D eigenvalue weighted by Gasteiger charge is -2.42. The van der Waals surface area contributed by atoms with Gasteiger partial charge in [0.1, 0.15) is 6.54 Å². The van der Waals surface area contributed by atoms with Crippen molar-refractivity contribution in [1.29, 1.82) is 0 Å². The summed E-state index contributed by atoms with van der Waals surface area (Å²) >= 11 is 0. The molecule has 170 valence electrons. The summed E-state index contributed by atoms with van der Waals surface area (Å²) in [6.07, 6.45) is 1.11. The molecule has 0 saturated carbocycles. The SMILES string of the molecule is O=C(Cn1nc(-c2ccccc2)ccc1=O)NCCN1C[C@H]2C[C@H](C1)c1cccc(=O)n1C2. The summed E-state index contributed by atoms with van der Waals surface area (Å²) < 4.78 is 3.13. The van der Waals surface area contributed by atoms with Crippen molar-refractivity contribution in [3.05, 3.63) is 87.1 Å². The molecule has 2 bridgehead atoms. The number of piperidine rings is 1. The minimum Gasteiger partial charge on any atom is -0.353 e. The Morgan fingerprint density at radius 2 is 1.79 bits per heavy atom. The fraction of sp³-hybridized carbons (Fsp3) is 0.360. The summed E-state index contributed by atoms with van der Waals surface area (Å²) in [6, 6.07) is 18.2. The molecule has 0 unspecified atom stereocenters. The number of fused-ring (bicyclic) bond motifs is 4. The smallest absolute Gasteiger partial charge is 0.267 e. The quantitative estimate of drug-likeness (QED) is 0.618. The fourth-order valence-corrected chi connectivity index (χ4v) is 5.05. The Labute approximate surface area is 191 Å². The average Bonchev–Trinajstić information content (AvgIpc) is 2.82. The molecule has 2 atom stereocenters. The van der Waals surface area contributed by atoms with E-state index in [0.717, 1.165) is 43.9 Å². The molecule has 0 spiro atoms. The standard InChI is InChI=1S/C25H27N5O3/c31-23(17-30-25(33)10-9-21(27-30)19-5-2-1-3-6-19)26-11-12-28-14-18-13-20(16-28)22-7-4-8-24(32)29(22)15-18/h1-10,18,20H,11-17H2,(H,26,31)/t18-,20-/m1/s1. The summed E-state index contributed by atoms with van der Waals surface area (Å²) in [5, 5.41) is 7.28. The highest BCUT2D eigenvalue weighted by molar-refractivity contribution is 5.75. The van der Waals surface area contributed by atoms with E-state index >= 15 is 0 Å². The maximum absolute atomic E-state index is 12.5. The Balaban J connectivity index is 1.16. The molecule has 0 aliphatic carbocycles. The second-order valence-electron chi connectivity index (χ2n) is 8.89. The van der Waals surface area contributed by atoms with Crippen LogP contribution in [0.2, 0.25) is 0 Å². The number of hydrogen-bond donors (Lipinski definition) is 1. The van der Waals surface area contributed by atoms with E-state index < -0.39 is 0 Å². The second kappa shape index (κ2) is 9.15. The first-order valence-corrected chi connectivity index (χ1v) is 11.4. The minimum absolute atomic E-state index is 0.0862. The summed E-state index contributed by atoms with van der Waals surface area (Å²) in [4.78, 5) is 39.2. The van der Waals surface area contributed by atoms with Crippen molar-refractivity contribution in [2.75, 3.05) is 26.2 Å². The van der Waals surface area contributed by atoms with Crippen LogP contribution >= 0.6 is 0 Å². The zero-order chi connectivity index (χ0) is 22.8. The number of benzene rings is 1. The number of hydrogen-bond acceptors (Lipinski definition) is 5. The molecule has 0 radical (unpaired) electrons. The third-order valence-corrected chi connectivity index (χ3v) is 6.54. The molecule has 33 heavy (non-hydrogen) atoms. The monoisotopic (exact) mass is 445 g/mol. The third kappa shape index (κ3) is 4.66. The Bertz CT molecular complexity index is 1270. The molecule has 3 aromatic rings. The lowest BCUT2D eigenvalue weighted by atomic mass is 9.83. The number of pyridine rings is 1. The molecular weight excluding hydrogens is 418 g/mol. The van der Waals surface area contributed by atoms with Crippen LogP contribution in [0.3, 0.4) is 0 Å². The molecule has 5 rings (SSSR count). The van der Waals surface area contributed by atoms with Gasteiger partial charge in [0.15, 0.2) is 0 Å². The van der Waals surface area contributed by atoms with Crippen molar-refractivity contribution in [1.82, 2.24) is 24.6 Å². The highest BCUT2D eigenvalue weighted by atomic mass is 16.2. The average molecular weight is 446 g/mol. The van der Waals surface area contributed by atoms with Gasteiger partial charge in [0.25, 0.3) is 11.1 Å². The summed E-state index contributed by atoms with van der Waals surface area (Å²) in [5.74, 6) is 0.574. The fourth-order valence-electron chi connectivity index (χ4n) is 5.05. The molecule has 1 aromatic carbocycles. The van der Waals surface area contributed by atoms with Crippen molar-refractivity contribution in [3.63, 3.8) is 0 Å². The Hall–Kier alpha value is -3.52. The normalized spacial score (nSPS) is 19.6. The molecule has 4 heterocycles. The number of carbonyl (C=O) groups excluding carboxylic acids is 1. The Kier molecular flexibility index (Phi) is 5.92. The molecule has 8 nitrogen and oxygen atoms in total. The van der Waals surface area contributed by atoms with E-state index in [1.807, 2.05) is 41.0 Å². The van der Waals surface area contributed by atoms with Crippen LogP contribution < -0.4 is 16.4 Å². The lowest BCUT2D eigenvalue weighted by molar-refractivity contribution is -0.122. The molecule has 1 amide bonds. The summed E-state index contributed by atoms with van der Waals surface area (Å²) in [5.41, 5.74) is 2.45. The van der Waals surface area contributed by atoms with Crippen molar-refractivity contribution in [2.24, 2.45) is 5.92 Å². The number of likely N-dealkylation sites (tertiary alicyclic amines) is 1. The van der Waals surface area contributed by atoms with Gasteiger partial charge >= 0.3 is 0 Å². The van der Waals surface area contributed by atoms with Crippen LogP contribution in [0.25, 0.3) is 11.3 Å². The minimum atomic E-state index is -0.303. The second-order valence-corrected chi connectivity index (χ2v) is 8.89. The molecule has 1 fully saturated rings. The molecule has 2 aromatic heterocycles. The van der Waals surface area contributed by atoms with Crippen LogP contribution in [0.5, 0.6) is 0 Å². The first-order chi connectivity index (χ1) is 16.1. The maximum Gasteiger partial charge on any atom is 0.267 e. The first-order valence-electron chi connectivity index (χ1n) is 11.4. The number of amides is 1. The lowest BCUT2D eigenvalue weighted by Crippen LogP contribution is -2.49. The van der Waals surface area contributed by atoms with Gasteiger partial charge in [-0.05, 0) is 24.5 Å². The highest BCUT2D eigenvalue weighted by Crippen LogP contribution is 2.34. The molecule has 1 N–H and O–H groups in total. The predicted octanol–water partition coefficient (Wildman–Crippen LogP) is 1.31. The van der Waals surface area contributed by atoms with Gasteiger partial charge in [0, 0.05) is 62.0 Å². The first kappa shape index (κ1) is 21.3. The van der Waals surface area contributed by atoms with Gasteiger partial charge in [-0.15, -0.1) is 0 Å². The van der Waals surface area contributed by atoms with Gasteiger partial charge in [0.05, 0.1) is 5.69 Å². The predicted molar refractivity (Wildman–Crippen MR) is 125 cm³/mol. The van der Waals surface area contributed by atoms with Crippen molar-refractivity contribution >= 4 is 5.91 Å². The number of rotatable bonds is 6. The van der Waals surface area contributed by atoms with Gasteiger partial charge < -0.3 is 14.8 Å².